The Labute approximate surface area is 194 Å². The van der Waals surface area contributed by atoms with E-state index in [1.807, 2.05) is 41.1 Å². The molecule has 2 bridgehead atoms. The number of hydrogen-bond donors (Lipinski definition) is 2. The molecule has 0 radical (unpaired) electrons. The molecule has 34 heavy (non-hydrogen) atoms. The topological polar surface area (TPSA) is 84.5 Å². The number of furan rings is 1. The molecule has 4 aliphatic rings. The van der Waals surface area contributed by atoms with Crippen molar-refractivity contribution in [1.29, 1.82) is 0 Å². The molecule has 6 nitrogen and oxygen atoms in total. The van der Waals surface area contributed by atoms with Crippen LogP contribution in [0.2, 0.25) is 0 Å². The minimum Gasteiger partial charge on any atom is -0.481 e. The number of halogens is 1. The number of hydrogen-bond acceptors (Lipinski definition) is 3. The third-order valence-electron chi connectivity index (χ3n) is 8.49. The van der Waals surface area contributed by atoms with Gasteiger partial charge >= 0.3 is 5.97 Å². The van der Waals surface area contributed by atoms with Gasteiger partial charge in [0.1, 0.15) is 17.2 Å². The zero-order valence-electron chi connectivity index (χ0n) is 18.4. The van der Waals surface area contributed by atoms with Crippen LogP contribution in [0.1, 0.15) is 48.2 Å². The van der Waals surface area contributed by atoms with Crippen molar-refractivity contribution >= 4 is 33.7 Å². The molecule has 0 aliphatic heterocycles. The maximum atomic E-state index is 13.6. The number of rotatable bonds is 6. The van der Waals surface area contributed by atoms with Crippen molar-refractivity contribution in [1.82, 2.24) is 9.88 Å². The van der Waals surface area contributed by atoms with Gasteiger partial charge in [0.05, 0.1) is 23.0 Å². The predicted molar refractivity (Wildman–Crippen MR) is 123 cm³/mol. The largest absolute Gasteiger partial charge is 0.481 e. The molecule has 4 fully saturated rings. The fraction of sp³-hybridized carbons (Fsp3) is 0.333. The van der Waals surface area contributed by atoms with Crippen LogP contribution in [-0.2, 0) is 11.3 Å². The van der Waals surface area contributed by atoms with Crippen LogP contribution in [0.4, 0.5) is 4.39 Å². The molecule has 2 aromatic carbocycles. The number of aliphatic carboxylic acids is 1. The monoisotopic (exact) mass is 458 g/mol. The third kappa shape index (κ3) is 2.55. The fourth-order valence-electron chi connectivity index (χ4n) is 6.60. The van der Waals surface area contributed by atoms with Crippen LogP contribution in [-0.4, -0.2) is 27.1 Å². The lowest BCUT2D eigenvalue weighted by atomic mass is 9.32. The summed E-state index contributed by atoms with van der Waals surface area (Å²) in [7, 11) is 0. The van der Waals surface area contributed by atoms with Gasteiger partial charge in [-0.25, -0.2) is 4.39 Å². The van der Waals surface area contributed by atoms with Crippen molar-refractivity contribution in [2.45, 2.75) is 44.2 Å². The Kier molecular flexibility index (Phi) is 3.66. The van der Waals surface area contributed by atoms with E-state index in [4.69, 9.17) is 4.42 Å². The lowest BCUT2D eigenvalue weighted by molar-refractivity contribution is -0.236. The number of carbonyl (C=O) groups is 2. The first-order valence-electron chi connectivity index (χ1n) is 11.6. The second-order valence-electron chi connectivity index (χ2n) is 10.5. The van der Waals surface area contributed by atoms with E-state index in [1.54, 1.807) is 6.07 Å². The lowest BCUT2D eigenvalue weighted by Gasteiger charge is -2.71. The van der Waals surface area contributed by atoms with Crippen LogP contribution >= 0.6 is 0 Å². The van der Waals surface area contributed by atoms with Gasteiger partial charge in [0, 0.05) is 28.6 Å². The Morgan fingerprint density at radius 2 is 1.85 bits per heavy atom. The number of carbonyl (C=O) groups excluding carboxylic acids is 1. The first-order valence-corrected chi connectivity index (χ1v) is 11.6. The summed E-state index contributed by atoms with van der Waals surface area (Å²) in [5.41, 5.74) is 1.03. The second kappa shape index (κ2) is 6.29. The number of benzene rings is 2. The highest BCUT2D eigenvalue weighted by Gasteiger charge is 2.81. The van der Waals surface area contributed by atoms with Crippen LogP contribution in [0.25, 0.3) is 21.9 Å². The summed E-state index contributed by atoms with van der Waals surface area (Å²) in [5.74, 6) is -0.484. The highest BCUT2D eigenvalue weighted by Crippen LogP contribution is 2.81. The molecule has 4 aliphatic carbocycles. The van der Waals surface area contributed by atoms with E-state index in [-0.39, 0.29) is 22.7 Å². The molecule has 0 unspecified atom stereocenters. The normalized spacial score (nSPS) is 26.1. The quantitative estimate of drug-likeness (QED) is 0.421. The molecule has 172 valence electrons. The zero-order chi connectivity index (χ0) is 23.3. The molecule has 0 spiro atoms. The fourth-order valence-corrected chi connectivity index (χ4v) is 6.60. The van der Waals surface area contributed by atoms with E-state index in [2.05, 4.69) is 5.32 Å². The number of carboxylic acids is 1. The highest BCUT2D eigenvalue weighted by molar-refractivity contribution is 6.06. The Hall–Kier alpha value is -3.61. The van der Waals surface area contributed by atoms with Gasteiger partial charge in [0.2, 0.25) is 0 Å². The summed E-state index contributed by atoms with van der Waals surface area (Å²) >= 11 is 0. The first-order chi connectivity index (χ1) is 16.3. The van der Waals surface area contributed by atoms with Crippen molar-refractivity contribution in [3.05, 3.63) is 71.9 Å². The minimum atomic E-state index is -0.701. The maximum Gasteiger partial charge on any atom is 0.309 e. The zero-order valence-corrected chi connectivity index (χ0v) is 18.4. The summed E-state index contributed by atoms with van der Waals surface area (Å²) in [6.07, 6.45) is 5.75. The molecular formula is C27H23FN2O4. The molecule has 0 atom stereocenters. The van der Waals surface area contributed by atoms with Crippen LogP contribution in [0.3, 0.4) is 0 Å². The van der Waals surface area contributed by atoms with Gasteiger partial charge in [-0.2, -0.15) is 0 Å². The summed E-state index contributed by atoms with van der Waals surface area (Å²) in [6.45, 7) is 0.417. The van der Waals surface area contributed by atoms with Crippen molar-refractivity contribution in [3.8, 4) is 0 Å². The number of nitrogens with one attached hydrogen (secondary N) is 1. The first kappa shape index (κ1) is 19.8. The molecule has 8 rings (SSSR count). The standard InChI is InChI=1S/C27H23FN2O4/c28-18-5-4-17-10-19(34-21(17)11-18)12-30-9-6-16-2-1-3-20(22(16)30)23(31)29-27(7-8-27)26-13-25(14-26,15-26)24(32)33/h1-6,9-11H,7-8,12-15H2,(H,29,31)(H,32,33). The van der Waals surface area contributed by atoms with E-state index in [0.29, 0.717) is 42.7 Å². The van der Waals surface area contributed by atoms with E-state index < -0.39 is 11.4 Å². The Bertz CT molecular complexity index is 1510. The Morgan fingerprint density at radius 3 is 2.59 bits per heavy atom. The predicted octanol–water partition coefficient (Wildman–Crippen LogP) is 5.09. The van der Waals surface area contributed by atoms with E-state index in [0.717, 1.165) is 29.1 Å². The van der Waals surface area contributed by atoms with Crippen molar-refractivity contribution in [3.63, 3.8) is 0 Å². The number of amides is 1. The Balaban J connectivity index is 1.18. The van der Waals surface area contributed by atoms with Gasteiger partial charge in [-0.15, -0.1) is 0 Å². The number of aromatic nitrogens is 1. The second-order valence-corrected chi connectivity index (χ2v) is 10.5. The van der Waals surface area contributed by atoms with Gasteiger partial charge in [0.25, 0.3) is 5.91 Å². The third-order valence-corrected chi connectivity index (χ3v) is 8.49. The summed E-state index contributed by atoms with van der Waals surface area (Å²) in [4.78, 5) is 25.0. The number of fused-ring (bicyclic) bond motifs is 2. The Morgan fingerprint density at radius 1 is 1.06 bits per heavy atom. The van der Waals surface area contributed by atoms with Crippen molar-refractivity contribution < 1.29 is 23.5 Å². The average Bonchev–Trinajstić information content (AvgIpc) is 3.21. The van der Waals surface area contributed by atoms with Crippen molar-refractivity contribution in [2.24, 2.45) is 10.8 Å². The maximum absolute atomic E-state index is 13.6. The molecular weight excluding hydrogens is 435 g/mol. The molecule has 7 heteroatoms. The lowest BCUT2D eigenvalue weighted by Crippen LogP contribution is -2.73. The van der Waals surface area contributed by atoms with E-state index in [1.165, 1.54) is 12.1 Å². The van der Waals surface area contributed by atoms with Crippen LogP contribution < -0.4 is 5.32 Å². The molecule has 0 saturated heterocycles. The highest BCUT2D eigenvalue weighted by atomic mass is 19.1. The molecule has 1 amide bonds. The average molecular weight is 458 g/mol. The molecule has 2 heterocycles. The van der Waals surface area contributed by atoms with E-state index >= 15 is 0 Å². The summed E-state index contributed by atoms with van der Waals surface area (Å²) in [6, 6.07) is 14.0. The van der Waals surface area contributed by atoms with E-state index in [9.17, 15) is 19.1 Å². The number of para-hydroxylation sites is 1. The smallest absolute Gasteiger partial charge is 0.309 e. The van der Waals surface area contributed by atoms with Gasteiger partial charge in [-0.1, -0.05) is 12.1 Å². The van der Waals surface area contributed by atoms with Gasteiger partial charge in [-0.3, -0.25) is 9.59 Å². The summed E-state index contributed by atoms with van der Waals surface area (Å²) < 4.78 is 21.4. The van der Waals surface area contributed by atoms with Crippen LogP contribution in [0, 0.1) is 16.6 Å². The van der Waals surface area contributed by atoms with Gasteiger partial charge in [0.15, 0.2) is 0 Å². The summed E-state index contributed by atoms with van der Waals surface area (Å²) in [5, 5.41) is 14.6. The minimum absolute atomic E-state index is 0.0551. The van der Waals surface area contributed by atoms with Gasteiger partial charge < -0.3 is 19.4 Å². The van der Waals surface area contributed by atoms with Gasteiger partial charge in [-0.05, 0) is 67.9 Å². The van der Waals surface area contributed by atoms with Crippen LogP contribution in [0.15, 0.2) is 59.1 Å². The van der Waals surface area contributed by atoms with Crippen LogP contribution in [0.5, 0.6) is 0 Å². The molecule has 4 aromatic rings. The number of nitrogens with zero attached hydrogens (tertiary/aromatic N) is 1. The molecule has 4 saturated carbocycles. The van der Waals surface area contributed by atoms with Crippen molar-refractivity contribution in [2.75, 3.05) is 0 Å². The molecule has 2 aromatic heterocycles. The number of carboxylic acid groups (broad SMARTS) is 1. The SMILES string of the molecule is O=C(NC1(C23CC(C(=O)O)(C2)C3)CC1)c1cccc2ccn(Cc3cc4ccc(F)cc4o3)c12. The molecule has 2 N–H and O–H groups in total.